The van der Waals surface area contributed by atoms with Gasteiger partial charge < -0.3 is 10.1 Å². The predicted octanol–water partition coefficient (Wildman–Crippen LogP) is 5.20. The molecular weight excluding hydrogens is 496 g/mol. The van der Waals surface area contributed by atoms with Gasteiger partial charge in [-0.1, -0.05) is 12.1 Å². The van der Waals surface area contributed by atoms with E-state index in [9.17, 15) is 71.1 Å². The topological polar surface area (TPSA) is 55.4 Å². The Morgan fingerprint density at radius 2 is 1.06 bits per heavy atom. The predicted molar refractivity (Wildman–Crippen MR) is 72.6 cm³/mol. The highest BCUT2D eigenvalue weighted by molar-refractivity contribution is 5.98. The van der Waals surface area contributed by atoms with Gasteiger partial charge in [-0.25, -0.2) is 4.79 Å². The van der Waals surface area contributed by atoms with Crippen molar-refractivity contribution in [3.8, 4) is 5.75 Å². The van der Waals surface area contributed by atoms with Crippen LogP contribution in [0.25, 0.3) is 0 Å². The zero-order chi connectivity index (χ0) is 25.6. The molecule has 0 bridgehead atoms. The van der Waals surface area contributed by atoms with Gasteiger partial charge in [0.25, 0.3) is 0 Å². The molecule has 32 heavy (non-hydrogen) atoms. The lowest BCUT2D eigenvalue weighted by atomic mass is 10.1. The van der Waals surface area contributed by atoms with E-state index in [2.05, 4.69) is 4.74 Å². The largest absolute Gasteiger partial charge is 0.460 e. The van der Waals surface area contributed by atoms with Crippen molar-refractivity contribution in [1.29, 1.82) is 0 Å². The second-order valence-corrected chi connectivity index (χ2v) is 5.63. The van der Waals surface area contributed by atoms with E-state index in [-0.39, 0.29) is 12.1 Å². The maximum atomic E-state index is 13.3. The van der Waals surface area contributed by atoms with Crippen molar-refractivity contribution in [2.45, 2.75) is 36.0 Å². The standard InChI is InChI=1S/C14H5F14NO3/c15-9(16,11(19,20)13(23,24)25)7(30)29-5-3-1-2-4-6(5)32-8(31)10(17,18)12(21,22)14(26,27)28/h1-4H,(H,29,30). The van der Waals surface area contributed by atoms with Gasteiger partial charge in [-0.05, 0) is 12.1 Å². The zero-order valence-corrected chi connectivity index (χ0v) is 14.3. The number of alkyl halides is 14. The van der Waals surface area contributed by atoms with Crippen LogP contribution in [0, 0.1) is 0 Å². The van der Waals surface area contributed by atoms with Crippen molar-refractivity contribution in [3.05, 3.63) is 24.3 Å². The maximum absolute atomic E-state index is 13.3. The Morgan fingerprint density at radius 3 is 1.50 bits per heavy atom. The molecule has 0 aromatic heterocycles. The Balaban J connectivity index is 3.25. The third-order valence-corrected chi connectivity index (χ3v) is 3.38. The van der Waals surface area contributed by atoms with Crippen molar-refractivity contribution in [1.82, 2.24) is 0 Å². The lowest BCUT2D eigenvalue weighted by Gasteiger charge is -2.28. The first-order valence-electron chi connectivity index (χ1n) is 7.29. The van der Waals surface area contributed by atoms with Crippen molar-refractivity contribution >= 4 is 17.6 Å². The molecule has 1 N–H and O–H groups in total. The number of esters is 1. The lowest BCUT2D eigenvalue weighted by Crippen LogP contribution is -2.58. The van der Waals surface area contributed by atoms with Crippen LogP contribution in [-0.4, -0.2) is 47.9 Å². The van der Waals surface area contributed by atoms with Gasteiger partial charge in [0.15, 0.2) is 5.75 Å². The highest BCUT2D eigenvalue weighted by Crippen LogP contribution is 2.48. The molecule has 0 fully saturated rings. The van der Waals surface area contributed by atoms with Crippen molar-refractivity contribution in [2.24, 2.45) is 0 Å². The highest BCUT2D eigenvalue weighted by atomic mass is 19.4. The van der Waals surface area contributed by atoms with Crippen LogP contribution < -0.4 is 10.1 Å². The number of carbonyl (C=O) groups excluding carboxylic acids is 2. The minimum atomic E-state index is -7.00. The summed E-state index contributed by atoms with van der Waals surface area (Å²) in [5.74, 6) is -35.8. The second kappa shape index (κ2) is 7.95. The van der Waals surface area contributed by atoms with E-state index >= 15 is 0 Å². The summed E-state index contributed by atoms with van der Waals surface area (Å²) in [7, 11) is 0. The molecule has 0 aliphatic carbocycles. The van der Waals surface area contributed by atoms with Crippen LogP contribution in [0.2, 0.25) is 0 Å². The van der Waals surface area contributed by atoms with Crippen molar-refractivity contribution < 1.29 is 75.8 Å². The molecule has 0 saturated carbocycles. The fourth-order valence-corrected chi connectivity index (χ4v) is 1.65. The Morgan fingerprint density at radius 1 is 0.656 bits per heavy atom. The molecule has 0 aliphatic heterocycles. The van der Waals surface area contributed by atoms with E-state index in [1.165, 1.54) is 0 Å². The van der Waals surface area contributed by atoms with Crippen LogP contribution in [-0.2, 0) is 9.59 Å². The number of hydrogen-bond acceptors (Lipinski definition) is 3. The number of halogens is 14. The van der Waals surface area contributed by atoms with Crippen molar-refractivity contribution in [3.63, 3.8) is 0 Å². The Kier molecular flexibility index (Phi) is 6.76. The van der Waals surface area contributed by atoms with Gasteiger partial charge in [0.05, 0.1) is 5.69 Å². The molecule has 18 heteroatoms. The van der Waals surface area contributed by atoms with E-state index in [0.717, 1.165) is 0 Å². The molecule has 0 saturated heterocycles. The van der Waals surface area contributed by atoms with Crippen LogP contribution in [0.15, 0.2) is 24.3 Å². The van der Waals surface area contributed by atoms with Crippen molar-refractivity contribution in [2.75, 3.05) is 5.32 Å². The zero-order valence-electron chi connectivity index (χ0n) is 14.3. The van der Waals surface area contributed by atoms with E-state index in [1.807, 2.05) is 0 Å². The molecule has 0 atom stereocenters. The van der Waals surface area contributed by atoms with Gasteiger partial charge in [0, 0.05) is 0 Å². The smallest absolute Gasteiger partial charge is 0.420 e. The third kappa shape index (κ3) is 4.52. The molecule has 1 amide bonds. The van der Waals surface area contributed by atoms with Gasteiger partial charge in [-0.2, -0.15) is 61.5 Å². The summed E-state index contributed by atoms with van der Waals surface area (Å²) in [4.78, 5) is 22.4. The number of rotatable bonds is 6. The van der Waals surface area contributed by atoms with Crippen LogP contribution in [0.3, 0.4) is 0 Å². The molecule has 0 heterocycles. The normalized spacial score (nSPS) is 14.2. The maximum Gasteiger partial charge on any atom is 0.460 e. The molecule has 4 nitrogen and oxygen atoms in total. The van der Waals surface area contributed by atoms with E-state index in [0.29, 0.717) is 17.4 Å². The number of hydrogen-bond donors (Lipinski definition) is 1. The molecule has 0 spiro atoms. The minimum absolute atomic E-state index is 0.218. The van der Waals surface area contributed by atoms with Crippen LogP contribution in [0.4, 0.5) is 67.2 Å². The first-order chi connectivity index (χ1) is 14.0. The summed E-state index contributed by atoms with van der Waals surface area (Å²) < 4.78 is 181. The molecule has 1 rings (SSSR count). The van der Waals surface area contributed by atoms with Gasteiger partial charge in [0.2, 0.25) is 0 Å². The van der Waals surface area contributed by atoms with Gasteiger partial charge >= 0.3 is 47.9 Å². The number of amides is 1. The van der Waals surface area contributed by atoms with E-state index in [1.54, 1.807) is 0 Å². The Bertz CT molecular complexity index is 803. The number of anilines is 1. The fourth-order valence-electron chi connectivity index (χ4n) is 1.65. The molecule has 182 valence electrons. The summed E-state index contributed by atoms with van der Waals surface area (Å²) in [6.45, 7) is 0. The Hall–Kier alpha value is -2.82. The van der Waals surface area contributed by atoms with Gasteiger partial charge in [-0.15, -0.1) is 0 Å². The molecule has 0 radical (unpaired) electrons. The first kappa shape index (κ1) is 27.2. The number of carbonyl (C=O) groups is 2. The quantitative estimate of drug-likeness (QED) is 0.332. The van der Waals surface area contributed by atoms with Crippen LogP contribution in [0.5, 0.6) is 5.75 Å². The lowest BCUT2D eigenvalue weighted by molar-refractivity contribution is -0.346. The molecule has 0 unspecified atom stereocenters. The van der Waals surface area contributed by atoms with E-state index < -0.39 is 59.4 Å². The SMILES string of the molecule is O=C(Nc1ccccc1OC(=O)C(F)(F)C(F)(F)C(F)(F)F)C(F)(F)C(F)(F)C(F)(F)F. The molecule has 1 aromatic rings. The van der Waals surface area contributed by atoms with Gasteiger partial charge in [-0.3, -0.25) is 4.79 Å². The summed E-state index contributed by atoms with van der Waals surface area (Å²) >= 11 is 0. The molecular formula is C14H5F14NO3. The summed E-state index contributed by atoms with van der Waals surface area (Å²) in [6.07, 6.45) is -13.9. The summed E-state index contributed by atoms with van der Waals surface area (Å²) in [6, 6.07) is 1.79. The fraction of sp³-hybridized carbons (Fsp3) is 0.429. The summed E-state index contributed by atoms with van der Waals surface area (Å²) in [5.41, 5.74) is -1.53. The third-order valence-electron chi connectivity index (χ3n) is 3.38. The number of nitrogens with one attached hydrogen (secondary N) is 1. The minimum Gasteiger partial charge on any atom is -0.420 e. The number of ether oxygens (including phenoxy) is 1. The monoisotopic (exact) mass is 501 g/mol. The first-order valence-corrected chi connectivity index (χ1v) is 7.29. The Labute approximate surface area is 166 Å². The van der Waals surface area contributed by atoms with Crippen LogP contribution >= 0.6 is 0 Å². The number of para-hydroxylation sites is 2. The van der Waals surface area contributed by atoms with E-state index in [4.69, 9.17) is 0 Å². The molecule has 0 aliphatic rings. The number of benzene rings is 1. The van der Waals surface area contributed by atoms with Crippen LogP contribution in [0.1, 0.15) is 0 Å². The highest BCUT2D eigenvalue weighted by Gasteiger charge is 2.78. The molecule has 1 aromatic carbocycles. The van der Waals surface area contributed by atoms with Gasteiger partial charge in [0.1, 0.15) is 0 Å². The average molecular weight is 501 g/mol. The summed E-state index contributed by atoms with van der Waals surface area (Å²) in [5, 5.41) is 0.654. The average Bonchev–Trinajstić information content (AvgIpc) is 2.60. The second-order valence-electron chi connectivity index (χ2n) is 5.63.